The Morgan fingerprint density at radius 3 is 3.15 bits per heavy atom. The minimum atomic E-state index is -0.169. The maximum atomic E-state index is 9.53. The second kappa shape index (κ2) is 8.21. The number of hydrogen-bond donors (Lipinski definition) is 1. The fraction of sp³-hybridized carbons (Fsp3) is 0.684. The molecule has 4 rings (SSSR count). The molecule has 1 spiro atoms. The van der Waals surface area contributed by atoms with Crippen LogP contribution in [0.4, 0.5) is 0 Å². The normalized spacial score (nSPS) is 25.8. The van der Waals surface area contributed by atoms with Crippen LogP contribution >= 0.6 is 23.1 Å². The van der Waals surface area contributed by atoms with Gasteiger partial charge in [-0.25, -0.2) is 0 Å². The number of aryl methyl sites for hydroxylation is 1. The first-order chi connectivity index (χ1) is 13.1. The number of nitrogens with zero attached hydrogens (tertiary/aromatic N) is 4. The highest BCUT2D eigenvalue weighted by Crippen LogP contribution is 2.47. The van der Waals surface area contributed by atoms with Crippen LogP contribution in [-0.4, -0.2) is 56.2 Å². The van der Waals surface area contributed by atoms with Gasteiger partial charge in [-0.3, -0.25) is 9.58 Å². The van der Waals surface area contributed by atoms with Crippen LogP contribution < -0.4 is 0 Å². The van der Waals surface area contributed by atoms with E-state index in [-0.39, 0.29) is 12.2 Å². The van der Waals surface area contributed by atoms with Crippen molar-refractivity contribution in [2.24, 2.45) is 0 Å². The summed E-state index contributed by atoms with van der Waals surface area (Å²) in [5, 5.41) is 18.1. The zero-order chi connectivity index (χ0) is 18.9. The first kappa shape index (κ1) is 19.4. The van der Waals surface area contributed by atoms with Gasteiger partial charge in [0.15, 0.2) is 0 Å². The zero-order valence-corrected chi connectivity index (χ0v) is 17.7. The number of fused-ring (bicyclic) bond motifs is 2. The van der Waals surface area contributed by atoms with Crippen molar-refractivity contribution < 1.29 is 9.84 Å². The van der Waals surface area contributed by atoms with E-state index in [9.17, 15) is 5.11 Å². The summed E-state index contributed by atoms with van der Waals surface area (Å²) in [5.74, 6) is 1.06. The molecule has 2 aliphatic heterocycles. The SMILES string of the molecule is CSCCn1cc(CN2CCC3(C[C@@H]2C)OCCc2cc(CO)sc23)nn1. The molecule has 4 heterocycles. The van der Waals surface area contributed by atoms with E-state index < -0.39 is 0 Å². The van der Waals surface area contributed by atoms with E-state index in [0.29, 0.717) is 6.04 Å². The average molecular weight is 409 g/mol. The van der Waals surface area contributed by atoms with Crippen LogP contribution in [0.2, 0.25) is 0 Å². The fourth-order valence-electron chi connectivity index (χ4n) is 4.30. The van der Waals surface area contributed by atoms with Gasteiger partial charge in [0.2, 0.25) is 0 Å². The number of aliphatic hydroxyl groups excluding tert-OH is 1. The Morgan fingerprint density at radius 2 is 2.37 bits per heavy atom. The van der Waals surface area contributed by atoms with Gasteiger partial charge in [-0.2, -0.15) is 11.8 Å². The molecule has 1 saturated heterocycles. The fourth-order valence-corrected chi connectivity index (χ4v) is 5.92. The number of likely N-dealkylation sites (tertiary alicyclic amines) is 1. The van der Waals surface area contributed by atoms with Crippen LogP contribution in [0.25, 0.3) is 0 Å². The van der Waals surface area contributed by atoms with E-state index in [2.05, 4.69) is 40.7 Å². The molecule has 8 heteroatoms. The summed E-state index contributed by atoms with van der Waals surface area (Å²) in [6.45, 7) is 5.94. The van der Waals surface area contributed by atoms with Gasteiger partial charge in [-0.15, -0.1) is 16.4 Å². The predicted octanol–water partition coefficient (Wildman–Crippen LogP) is 2.65. The first-order valence-electron chi connectivity index (χ1n) is 9.62. The lowest BCUT2D eigenvalue weighted by Crippen LogP contribution is -2.50. The zero-order valence-electron chi connectivity index (χ0n) is 16.1. The van der Waals surface area contributed by atoms with Crippen LogP contribution in [0.3, 0.4) is 0 Å². The summed E-state index contributed by atoms with van der Waals surface area (Å²) in [7, 11) is 0. The van der Waals surface area contributed by atoms with Gasteiger partial charge in [0.25, 0.3) is 0 Å². The molecule has 0 radical (unpaired) electrons. The summed E-state index contributed by atoms with van der Waals surface area (Å²) in [4.78, 5) is 4.90. The molecule has 148 valence electrons. The quantitative estimate of drug-likeness (QED) is 0.793. The molecule has 6 nitrogen and oxygen atoms in total. The lowest BCUT2D eigenvalue weighted by atomic mass is 9.82. The van der Waals surface area contributed by atoms with Crippen molar-refractivity contribution in [3.8, 4) is 0 Å². The van der Waals surface area contributed by atoms with E-state index in [1.165, 1.54) is 10.4 Å². The lowest BCUT2D eigenvalue weighted by molar-refractivity contribution is -0.110. The third-order valence-electron chi connectivity index (χ3n) is 5.71. The highest BCUT2D eigenvalue weighted by Gasteiger charge is 2.44. The summed E-state index contributed by atoms with van der Waals surface area (Å²) in [5.41, 5.74) is 2.26. The highest BCUT2D eigenvalue weighted by atomic mass is 32.2. The molecule has 2 aromatic heterocycles. The standard InChI is InChI=1S/C19H28N4O2S2/c1-14-10-19(18-15(3-7-25-19)9-17(13-24)27-18)4-5-22(14)11-16-12-23(21-20-16)6-8-26-2/h9,12,14,24H,3-8,10-11,13H2,1-2H3/t14-,19?/m0/s1. The second-order valence-electron chi connectivity index (χ2n) is 7.56. The predicted molar refractivity (Wildman–Crippen MR) is 109 cm³/mol. The van der Waals surface area contributed by atoms with Gasteiger partial charge in [0.1, 0.15) is 5.60 Å². The molecule has 2 aromatic rings. The molecule has 0 aromatic carbocycles. The van der Waals surface area contributed by atoms with Gasteiger partial charge in [0.05, 0.1) is 25.5 Å². The number of thioether (sulfide) groups is 1. The Kier molecular flexibility index (Phi) is 5.89. The van der Waals surface area contributed by atoms with Crippen molar-refractivity contribution in [3.05, 3.63) is 33.3 Å². The molecule has 0 aliphatic carbocycles. The molecule has 2 atom stereocenters. The molecule has 0 amide bonds. The van der Waals surface area contributed by atoms with Crippen LogP contribution in [0, 0.1) is 0 Å². The minimum Gasteiger partial charge on any atom is -0.391 e. The highest BCUT2D eigenvalue weighted by molar-refractivity contribution is 7.98. The average Bonchev–Trinajstić information content (AvgIpc) is 3.30. The summed E-state index contributed by atoms with van der Waals surface area (Å²) >= 11 is 3.56. The smallest absolute Gasteiger partial charge is 0.105 e. The maximum Gasteiger partial charge on any atom is 0.105 e. The van der Waals surface area contributed by atoms with Crippen molar-refractivity contribution in [2.75, 3.05) is 25.2 Å². The molecular weight excluding hydrogens is 380 g/mol. The maximum absolute atomic E-state index is 9.53. The lowest BCUT2D eigenvalue weighted by Gasteiger charge is -2.46. The van der Waals surface area contributed by atoms with Crippen molar-refractivity contribution in [3.63, 3.8) is 0 Å². The van der Waals surface area contributed by atoms with Gasteiger partial charge in [-0.05, 0) is 44.1 Å². The summed E-state index contributed by atoms with van der Waals surface area (Å²) in [6, 6.07) is 2.59. The van der Waals surface area contributed by atoms with Crippen molar-refractivity contribution in [1.82, 2.24) is 19.9 Å². The molecule has 1 unspecified atom stereocenters. The van der Waals surface area contributed by atoms with E-state index in [1.54, 1.807) is 11.3 Å². The van der Waals surface area contributed by atoms with Gasteiger partial charge >= 0.3 is 0 Å². The molecule has 27 heavy (non-hydrogen) atoms. The van der Waals surface area contributed by atoms with Crippen LogP contribution in [0.1, 0.15) is 40.8 Å². The van der Waals surface area contributed by atoms with Crippen molar-refractivity contribution in [1.29, 1.82) is 0 Å². The Morgan fingerprint density at radius 1 is 1.48 bits per heavy atom. The Bertz CT molecular complexity index is 778. The number of aliphatic hydroxyl groups is 1. The van der Waals surface area contributed by atoms with E-state index in [0.717, 1.165) is 61.8 Å². The first-order valence-corrected chi connectivity index (χ1v) is 11.8. The van der Waals surface area contributed by atoms with Crippen LogP contribution in [0.15, 0.2) is 12.3 Å². The summed E-state index contributed by atoms with van der Waals surface area (Å²) in [6.07, 6.45) is 7.14. The van der Waals surface area contributed by atoms with E-state index in [4.69, 9.17) is 4.74 Å². The largest absolute Gasteiger partial charge is 0.391 e. The van der Waals surface area contributed by atoms with Gasteiger partial charge in [0, 0.05) is 40.8 Å². The topological polar surface area (TPSA) is 63.4 Å². The number of rotatable bonds is 6. The summed E-state index contributed by atoms with van der Waals surface area (Å²) < 4.78 is 8.32. The molecule has 1 fully saturated rings. The van der Waals surface area contributed by atoms with E-state index >= 15 is 0 Å². The van der Waals surface area contributed by atoms with Gasteiger partial charge < -0.3 is 9.84 Å². The third-order valence-corrected chi connectivity index (χ3v) is 7.64. The number of thiophene rings is 1. The number of ether oxygens (including phenoxy) is 1. The van der Waals surface area contributed by atoms with Crippen molar-refractivity contribution in [2.45, 2.75) is 57.5 Å². The Balaban J connectivity index is 1.44. The van der Waals surface area contributed by atoms with Gasteiger partial charge in [-0.1, -0.05) is 5.21 Å². The number of hydrogen-bond acceptors (Lipinski definition) is 7. The van der Waals surface area contributed by atoms with Crippen LogP contribution in [0.5, 0.6) is 0 Å². The number of piperidine rings is 1. The second-order valence-corrected chi connectivity index (χ2v) is 9.68. The molecule has 1 N–H and O–H groups in total. The number of aromatic nitrogens is 3. The van der Waals surface area contributed by atoms with Crippen LogP contribution in [-0.2, 0) is 36.5 Å². The van der Waals surface area contributed by atoms with Crippen molar-refractivity contribution >= 4 is 23.1 Å². The minimum absolute atomic E-state index is 0.127. The molecule has 0 saturated carbocycles. The monoisotopic (exact) mass is 408 g/mol. The van der Waals surface area contributed by atoms with E-state index in [1.807, 2.05) is 16.4 Å². The Hall–Kier alpha value is -0.930. The molecular formula is C19H28N4O2S2. The molecule has 0 bridgehead atoms. The Labute approximate surface area is 168 Å². The third kappa shape index (κ3) is 3.96. The molecule has 2 aliphatic rings.